The van der Waals surface area contributed by atoms with Crippen molar-refractivity contribution in [3.8, 4) is 0 Å². The molecule has 5 nitrogen and oxygen atoms in total. The van der Waals surface area contributed by atoms with Gasteiger partial charge in [-0.3, -0.25) is 4.79 Å². The first-order valence-electron chi connectivity index (χ1n) is 6.91. The Morgan fingerprint density at radius 1 is 1.42 bits per heavy atom. The molecule has 1 aliphatic heterocycles. The van der Waals surface area contributed by atoms with E-state index in [0.717, 1.165) is 6.42 Å². The van der Waals surface area contributed by atoms with Gasteiger partial charge in [0.15, 0.2) is 0 Å². The molecule has 2 aliphatic rings. The molecule has 1 saturated carbocycles. The maximum absolute atomic E-state index is 12.0. The quantitative estimate of drug-likeness (QED) is 0.782. The van der Waals surface area contributed by atoms with E-state index in [1.54, 1.807) is 4.90 Å². The molecule has 0 aromatic rings. The lowest BCUT2D eigenvalue weighted by molar-refractivity contribution is -0.127. The Bertz CT molecular complexity index is 374. The van der Waals surface area contributed by atoms with Gasteiger partial charge in [-0.25, -0.2) is 4.79 Å². The van der Waals surface area contributed by atoms with E-state index < -0.39 is 5.60 Å². The minimum atomic E-state index is -0.511. The summed E-state index contributed by atoms with van der Waals surface area (Å²) < 4.78 is 5.34. The number of carbonyl (C=O) groups is 2. The van der Waals surface area contributed by atoms with E-state index in [0.29, 0.717) is 19.5 Å². The van der Waals surface area contributed by atoms with Gasteiger partial charge in [-0.2, -0.15) is 0 Å². The van der Waals surface area contributed by atoms with Crippen molar-refractivity contribution in [3.05, 3.63) is 0 Å². The van der Waals surface area contributed by atoms with Crippen molar-refractivity contribution in [1.29, 1.82) is 0 Å². The molecule has 3 atom stereocenters. The van der Waals surface area contributed by atoms with Crippen LogP contribution in [0, 0.1) is 17.8 Å². The molecule has 0 aromatic carbocycles. The van der Waals surface area contributed by atoms with Crippen molar-refractivity contribution >= 4 is 11.9 Å². The third-order valence-corrected chi connectivity index (χ3v) is 3.89. The van der Waals surface area contributed by atoms with Crippen LogP contribution in [0.2, 0.25) is 0 Å². The highest BCUT2D eigenvalue weighted by Gasteiger charge is 2.44. The average molecular weight is 269 g/mol. The van der Waals surface area contributed by atoms with Gasteiger partial charge in [-0.15, -0.1) is 0 Å². The zero-order valence-corrected chi connectivity index (χ0v) is 11.9. The van der Waals surface area contributed by atoms with Crippen LogP contribution in [0.5, 0.6) is 0 Å². The number of ether oxygens (including phenoxy) is 1. The summed E-state index contributed by atoms with van der Waals surface area (Å²) in [7, 11) is 0. The maximum atomic E-state index is 12.0. The number of hydrogen-bond acceptors (Lipinski definition) is 4. The third-order valence-electron chi connectivity index (χ3n) is 3.89. The van der Waals surface area contributed by atoms with E-state index in [-0.39, 0.29) is 36.2 Å². The second kappa shape index (κ2) is 5.12. The minimum Gasteiger partial charge on any atom is -0.444 e. The third kappa shape index (κ3) is 3.26. The zero-order valence-electron chi connectivity index (χ0n) is 11.9. The predicted molar refractivity (Wildman–Crippen MR) is 69.6 cm³/mol. The van der Waals surface area contributed by atoms with Crippen molar-refractivity contribution in [2.24, 2.45) is 17.8 Å². The zero-order chi connectivity index (χ0) is 14.2. The van der Waals surface area contributed by atoms with Crippen molar-refractivity contribution in [3.63, 3.8) is 0 Å². The van der Waals surface area contributed by atoms with Crippen LogP contribution in [-0.2, 0) is 9.53 Å². The molecule has 1 N–H and O–H groups in total. The number of amides is 1. The molecule has 19 heavy (non-hydrogen) atoms. The molecule has 1 aliphatic carbocycles. The molecule has 1 heterocycles. The van der Waals surface area contributed by atoms with Crippen LogP contribution in [0.25, 0.3) is 0 Å². The van der Waals surface area contributed by atoms with Crippen molar-refractivity contribution in [1.82, 2.24) is 4.90 Å². The number of likely N-dealkylation sites (tertiary alicyclic amines) is 1. The summed E-state index contributed by atoms with van der Waals surface area (Å²) in [5.41, 5.74) is -0.511. The number of hydrogen-bond donors (Lipinski definition) is 1. The molecule has 2 rings (SSSR count). The highest BCUT2D eigenvalue weighted by atomic mass is 16.6. The van der Waals surface area contributed by atoms with E-state index in [2.05, 4.69) is 0 Å². The van der Waals surface area contributed by atoms with Crippen LogP contribution >= 0.6 is 0 Å². The van der Waals surface area contributed by atoms with Gasteiger partial charge < -0.3 is 14.7 Å². The molecular formula is C14H23NO4. The first-order chi connectivity index (χ1) is 8.80. The van der Waals surface area contributed by atoms with Gasteiger partial charge in [-0.05, 0) is 39.0 Å². The number of rotatable bonds is 1. The van der Waals surface area contributed by atoms with Crippen LogP contribution in [-0.4, -0.2) is 47.2 Å². The molecule has 1 saturated heterocycles. The van der Waals surface area contributed by atoms with Gasteiger partial charge in [0.1, 0.15) is 11.4 Å². The molecule has 1 amide bonds. The smallest absolute Gasteiger partial charge is 0.410 e. The Hall–Kier alpha value is -1.10. The van der Waals surface area contributed by atoms with E-state index in [4.69, 9.17) is 4.74 Å². The maximum Gasteiger partial charge on any atom is 0.410 e. The van der Waals surface area contributed by atoms with Crippen LogP contribution in [0.15, 0.2) is 0 Å². The molecule has 0 spiro atoms. The molecule has 2 fully saturated rings. The van der Waals surface area contributed by atoms with Crippen molar-refractivity contribution in [2.45, 2.75) is 39.2 Å². The summed E-state index contributed by atoms with van der Waals surface area (Å²) in [6.45, 7) is 6.60. The van der Waals surface area contributed by atoms with Gasteiger partial charge >= 0.3 is 6.09 Å². The first kappa shape index (κ1) is 14.3. The summed E-state index contributed by atoms with van der Waals surface area (Å²) >= 11 is 0. The number of ketones is 1. The molecule has 0 radical (unpaired) electrons. The standard InChI is InChI=1S/C14H23NO4/c1-14(2,3)19-13(18)15-6-10-4-9(8-16)5-12(17)11(10)7-15/h9-11,16H,4-8H2,1-3H3. The molecule has 0 bridgehead atoms. The normalized spacial score (nSPS) is 31.3. The van der Waals surface area contributed by atoms with Gasteiger partial charge in [0.05, 0.1) is 0 Å². The number of Topliss-reactive ketones (excluding diaryl/α,β-unsaturated/α-hetero) is 1. The summed E-state index contributed by atoms with van der Waals surface area (Å²) in [6, 6.07) is 0. The lowest BCUT2D eigenvalue weighted by atomic mass is 9.75. The second-order valence-corrected chi connectivity index (χ2v) is 6.71. The number of nitrogens with zero attached hydrogens (tertiary/aromatic N) is 1. The first-order valence-corrected chi connectivity index (χ1v) is 6.91. The van der Waals surface area contributed by atoms with Crippen molar-refractivity contribution in [2.75, 3.05) is 19.7 Å². The van der Waals surface area contributed by atoms with Gasteiger partial charge in [0.25, 0.3) is 0 Å². The van der Waals surface area contributed by atoms with E-state index in [1.165, 1.54) is 0 Å². The van der Waals surface area contributed by atoms with E-state index in [9.17, 15) is 14.7 Å². The summed E-state index contributed by atoms with van der Waals surface area (Å²) in [4.78, 5) is 25.7. The van der Waals surface area contributed by atoms with Crippen LogP contribution in [0.1, 0.15) is 33.6 Å². The Morgan fingerprint density at radius 3 is 2.68 bits per heavy atom. The molecule has 0 aromatic heterocycles. The molecule has 108 valence electrons. The molecular weight excluding hydrogens is 246 g/mol. The van der Waals surface area contributed by atoms with Gasteiger partial charge in [0.2, 0.25) is 0 Å². The summed E-state index contributed by atoms with van der Waals surface area (Å²) in [6.07, 6.45) is 0.932. The highest BCUT2D eigenvalue weighted by molar-refractivity contribution is 5.84. The lowest BCUT2D eigenvalue weighted by Crippen LogP contribution is -2.36. The monoisotopic (exact) mass is 269 g/mol. The Labute approximate surface area is 113 Å². The number of aliphatic hydroxyl groups is 1. The van der Waals surface area contributed by atoms with Crippen LogP contribution in [0.3, 0.4) is 0 Å². The fraction of sp³-hybridized carbons (Fsp3) is 0.857. The molecule has 5 heteroatoms. The largest absolute Gasteiger partial charge is 0.444 e. The SMILES string of the molecule is CC(C)(C)OC(=O)N1CC2CC(CO)CC(=O)C2C1. The lowest BCUT2D eigenvalue weighted by Gasteiger charge is -2.28. The highest BCUT2D eigenvalue weighted by Crippen LogP contribution is 2.37. The fourth-order valence-electron chi connectivity index (χ4n) is 3.04. The average Bonchev–Trinajstić information content (AvgIpc) is 2.71. The van der Waals surface area contributed by atoms with Crippen LogP contribution in [0.4, 0.5) is 4.79 Å². The van der Waals surface area contributed by atoms with Crippen molar-refractivity contribution < 1.29 is 19.4 Å². The minimum absolute atomic E-state index is 0.0569. The summed E-state index contributed by atoms with van der Waals surface area (Å²) in [5.74, 6) is 0.370. The Balaban J connectivity index is 1.99. The number of aliphatic hydroxyl groups excluding tert-OH is 1. The van der Waals surface area contributed by atoms with Gasteiger partial charge in [-0.1, -0.05) is 0 Å². The van der Waals surface area contributed by atoms with E-state index in [1.807, 2.05) is 20.8 Å². The Kier molecular flexibility index (Phi) is 3.85. The number of carbonyl (C=O) groups excluding carboxylic acids is 2. The Morgan fingerprint density at radius 2 is 2.11 bits per heavy atom. The predicted octanol–water partition coefficient (Wildman–Crippen LogP) is 1.44. The van der Waals surface area contributed by atoms with E-state index >= 15 is 0 Å². The summed E-state index contributed by atoms with van der Waals surface area (Å²) in [5, 5.41) is 9.20. The van der Waals surface area contributed by atoms with Gasteiger partial charge in [0, 0.05) is 32.0 Å². The van der Waals surface area contributed by atoms with Crippen LogP contribution < -0.4 is 0 Å². The fourth-order valence-corrected chi connectivity index (χ4v) is 3.04. The number of fused-ring (bicyclic) bond motifs is 1. The topological polar surface area (TPSA) is 66.8 Å². The molecule has 3 unspecified atom stereocenters. The second-order valence-electron chi connectivity index (χ2n) is 6.71.